The van der Waals surface area contributed by atoms with E-state index in [1.54, 1.807) is 6.20 Å². The van der Waals surface area contributed by atoms with Crippen molar-refractivity contribution in [3.63, 3.8) is 0 Å². The number of para-hydroxylation sites is 1. The number of hydrogen-bond acceptors (Lipinski definition) is 5. The maximum absolute atomic E-state index is 12.9. The zero-order valence-electron chi connectivity index (χ0n) is 14.6. The number of nitrogens with one attached hydrogen (secondary N) is 2. The first kappa shape index (κ1) is 16.8. The van der Waals surface area contributed by atoms with Crippen molar-refractivity contribution in [2.24, 2.45) is 0 Å². The van der Waals surface area contributed by atoms with Crippen molar-refractivity contribution in [1.82, 2.24) is 10.3 Å². The average molecular weight is 353 g/mol. The molecule has 0 aliphatic carbocycles. The number of carbonyl (C=O) groups excluding carboxylic acids is 1. The molecule has 0 unspecified atom stereocenters. The predicted octanol–water partition coefficient (Wildman–Crippen LogP) is 2.41. The number of nitrogens with zero attached hydrogens (tertiary/aromatic N) is 1. The molecule has 26 heavy (non-hydrogen) atoms. The number of benzene rings is 1. The summed E-state index contributed by atoms with van der Waals surface area (Å²) in [5.74, 6) is 0.471. The summed E-state index contributed by atoms with van der Waals surface area (Å²) in [4.78, 5) is 17.1. The molecule has 0 bridgehead atoms. The molecule has 2 aliphatic rings. The lowest BCUT2D eigenvalue weighted by Crippen LogP contribution is -2.51. The molecule has 4 rings (SSSR count). The molecule has 6 heteroatoms. The normalized spacial score (nSPS) is 22.0. The molecule has 136 valence electrons. The number of aromatic nitrogens is 1. The van der Waals surface area contributed by atoms with Crippen molar-refractivity contribution in [3.8, 4) is 5.88 Å². The molecular weight excluding hydrogens is 330 g/mol. The molecule has 0 spiro atoms. The molecule has 1 aromatic heterocycles. The van der Waals surface area contributed by atoms with Crippen molar-refractivity contribution in [2.75, 3.05) is 25.1 Å². The van der Waals surface area contributed by atoms with Crippen LogP contribution >= 0.6 is 0 Å². The topological polar surface area (TPSA) is 72.5 Å². The van der Waals surface area contributed by atoms with E-state index in [0.717, 1.165) is 25.1 Å². The lowest BCUT2D eigenvalue weighted by atomic mass is 9.98. The third kappa shape index (κ3) is 3.65. The Kier molecular flexibility index (Phi) is 5.02. The number of ether oxygens (including phenoxy) is 2. The molecule has 6 nitrogen and oxygen atoms in total. The summed E-state index contributed by atoms with van der Waals surface area (Å²) in [6.45, 7) is 1.95. The van der Waals surface area contributed by atoms with E-state index >= 15 is 0 Å². The zero-order valence-corrected chi connectivity index (χ0v) is 14.6. The van der Waals surface area contributed by atoms with Crippen molar-refractivity contribution in [1.29, 1.82) is 0 Å². The monoisotopic (exact) mass is 353 g/mol. The first-order chi connectivity index (χ1) is 12.8. The van der Waals surface area contributed by atoms with Gasteiger partial charge in [-0.3, -0.25) is 4.79 Å². The molecule has 3 heterocycles. The number of fused-ring (bicyclic) bond motifs is 1. The number of pyridine rings is 1. The number of anilines is 1. The summed E-state index contributed by atoms with van der Waals surface area (Å²) in [7, 11) is 0. The Labute approximate surface area is 152 Å². The predicted molar refractivity (Wildman–Crippen MR) is 98.6 cm³/mol. The summed E-state index contributed by atoms with van der Waals surface area (Å²) in [6, 6.07) is 11.3. The first-order valence-corrected chi connectivity index (χ1v) is 9.13. The van der Waals surface area contributed by atoms with Gasteiger partial charge in [-0.15, -0.1) is 0 Å². The second-order valence-electron chi connectivity index (χ2n) is 6.64. The quantitative estimate of drug-likeness (QED) is 0.883. The fourth-order valence-corrected chi connectivity index (χ4v) is 3.51. The molecular formula is C20H23N3O3. The number of carbonyl (C=O) groups is 1. The van der Waals surface area contributed by atoms with Crippen LogP contribution in [0.2, 0.25) is 0 Å². The van der Waals surface area contributed by atoms with Crippen LogP contribution in [0.5, 0.6) is 5.88 Å². The average Bonchev–Trinajstić information content (AvgIpc) is 2.70. The van der Waals surface area contributed by atoms with Gasteiger partial charge in [0.15, 0.2) is 0 Å². The third-order valence-electron chi connectivity index (χ3n) is 4.85. The van der Waals surface area contributed by atoms with Gasteiger partial charge in [0.1, 0.15) is 6.10 Å². The standard InChI is InChI=1S/C20H23N3O3/c24-20(15-7-3-5-14-6-4-11-22-19(14)15)23-16-9-12-25-13-17(16)26-18-8-1-2-10-21-18/h1-3,5,7-8,10,16-17,22H,4,6,9,11-13H2,(H,23,24)/t16-,17-/m1/s1. The minimum atomic E-state index is -0.255. The minimum absolute atomic E-state index is 0.0715. The van der Waals surface area contributed by atoms with E-state index in [9.17, 15) is 4.79 Å². The molecule has 2 aliphatic heterocycles. The minimum Gasteiger partial charge on any atom is -0.470 e. The van der Waals surface area contributed by atoms with Crippen LogP contribution in [-0.4, -0.2) is 42.8 Å². The van der Waals surface area contributed by atoms with Crippen molar-refractivity contribution in [3.05, 3.63) is 53.7 Å². The smallest absolute Gasteiger partial charge is 0.253 e. The molecule has 2 atom stereocenters. The molecule has 2 N–H and O–H groups in total. The molecule has 1 aromatic carbocycles. The van der Waals surface area contributed by atoms with Crippen molar-refractivity contribution < 1.29 is 14.3 Å². The van der Waals surface area contributed by atoms with Gasteiger partial charge in [-0.1, -0.05) is 18.2 Å². The van der Waals surface area contributed by atoms with E-state index in [-0.39, 0.29) is 18.1 Å². The number of rotatable bonds is 4. The largest absolute Gasteiger partial charge is 0.470 e. The Hall–Kier alpha value is -2.60. The van der Waals surface area contributed by atoms with Gasteiger partial charge in [0.25, 0.3) is 5.91 Å². The highest BCUT2D eigenvalue weighted by Crippen LogP contribution is 2.26. The highest BCUT2D eigenvalue weighted by atomic mass is 16.5. The van der Waals surface area contributed by atoms with Crippen LogP contribution in [0.3, 0.4) is 0 Å². The van der Waals surface area contributed by atoms with E-state index in [4.69, 9.17) is 9.47 Å². The van der Waals surface area contributed by atoms with Crippen LogP contribution in [0.25, 0.3) is 0 Å². The maximum Gasteiger partial charge on any atom is 0.253 e. The van der Waals surface area contributed by atoms with Gasteiger partial charge >= 0.3 is 0 Å². The van der Waals surface area contributed by atoms with Gasteiger partial charge in [-0.2, -0.15) is 0 Å². The highest BCUT2D eigenvalue weighted by Gasteiger charge is 2.30. The summed E-state index contributed by atoms with van der Waals surface area (Å²) in [5.41, 5.74) is 2.87. The fourth-order valence-electron chi connectivity index (χ4n) is 3.51. The molecule has 0 radical (unpaired) electrons. The van der Waals surface area contributed by atoms with Crippen LogP contribution in [0.15, 0.2) is 42.6 Å². The molecule has 1 saturated heterocycles. The number of hydrogen-bond donors (Lipinski definition) is 2. The van der Waals surface area contributed by atoms with Gasteiger partial charge in [0.05, 0.1) is 23.9 Å². The number of aryl methyl sites for hydroxylation is 1. The van der Waals surface area contributed by atoms with E-state index in [1.165, 1.54) is 5.56 Å². The van der Waals surface area contributed by atoms with Gasteiger partial charge in [0, 0.05) is 25.4 Å². The van der Waals surface area contributed by atoms with Gasteiger partial charge < -0.3 is 20.1 Å². The van der Waals surface area contributed by atoms with Crippen LogP contribution in [0.1, 0.15) is 28.8 Å². The van der Waals surface area contributed by atoms with Crippen LogP contribution in [0, 0.1) is 0 Å². The molecule has 1 amide bonds. The van der Waals surface area contributed by atoms with Gasteiger partial charge in [-0.25, -0.2) is 4.98 Å². The Morgan fingerprint density at radius 1 is 1.27 bits per heavy atom. The van der Waals surface area contributed by atoms with E-state index in [0.29, 0.717) is 31.1 Å². The van der Waals surface area contributed by atoms with Crippen LogP contribution in [-0.2, 0) is 11.2 Å². The van der Waals surface area contributed by atoms with Crippen molar-refractivity contribution in [2.45, 2.75) is 31.4 Å². The second kappa shape index (κ2) is 7.74. The molecule has 1 fully saturated rings. The van der Waals surface area contributed by atoms with Gasteiger partial charge in [-0.05, 0) is 37.0 Å². The maximum atomic E-state index is 12.9. The molecule has 0 saturated carbocycles. The second-order valence-corrected chi connectivity index (χ2v) is 6.64. The summed E-state index contributed by atoms with van der Waals surface area (Å²) in [6.07, 6.45) is 4.25. The Balaban J connectivity index is 1.49. The van der Waals surface area contributed by atoms with E-state index in [1.807, 2.05) is 30.3 Å². The third-order valence-corrected chi connectivity index (χ3v) is 4.85. The lowest BCUT2D eigenvalue weighted by Gasteiger charge is -2.32. The van der Waals surface area contributed by atoms with E-state index in [2.05, 4.69) is 21.7 Å². The van der Waals surface area contributed by atoms with Crippen molar-refractivity contribution >= 4 is 11.6 Å². The molecule has 2 aromatic rings. The summed E-state index contributed by atoms with van der Waals surface area (Å²) >= 11 is 0. The summed E-state index contributed by atoms with van der Waals surface area (Å²) < 4.78 is 11.5. The highest BCUT2D eigenvalue weighted by molar-refractivity contribution is 6.00. The number of amides is 1. The lowest BCUT2D eigenvalue weighted by molar-refractivity contribution is -0.0152. The summed E-state index contributed by atoms with van der Waals surface area (Å²) in [5, 5.41) is 6.52. The van der Waals surface area contributed by atoms with Crippen LogP contribution in [0.4, 0.5) is 5.69 Å². The Bertz CT molecular complexity index is 766. The SMILES string of the molecule is O=C(N[C@@H]1CCOC[C@H]1Oc1ccccn1)c1cccc2c1NCCC2. The fraction of sp³-hybridized carbons (Fsp3) is 0.400. The zero-order chi connectivity index (χ0) is 17.8. The Morgan fingerprint density at radius 3 is 3.12 bits per heavy atom. The van der Waals surface area contributed by atoms with Crippen LogP contribution < -0.4 is 15.4 Å². The van der Waals surface area contributed by atoms with Gasteiger partial charge in [0.2, 0.25) is 5.88 Å². The Morgan fingerprint density at radius 2 is 2.23 bits per heavy atom. The first-order valence-electron chi connectivity index (χ1n) is 9.13. The van der Waals surface area contributed by atoms with E-state index < -0.39 is 0 Å².